The molecular weight excluding hydrogens is 212 g/mol. The molecule has 1 aliphatic heterocycles. The van der Waals surface area contributed by atoms with E-state index in [-0.39, 0.29) is 11.6 Å². The summed E-state index contributed by atoms with van der Waals surface area (Å²) < 4.78 is 26.8. The van der Waals surface area contributed by atoms with Gasteiger partial charge < -0.3 is 5.32 Å². The number of amides is 1. The highest BCUT2D eigenvalue weighted by Gasteiger charge is 2.20. The summed E-state index contributed by atoms with van der Waals surface area (Å²) in [5, 5.41) is 2.33. The van der Waals surface area contributed by atoms with Crippen LogP contribution in [0.25, 0.3) is 0 Å². The van der Waals surface area contributed by atoms with Crippen LogP contribution in [0.2, 0.25) is 0 Å². The number of carbonyl (C=O) groups is 1. The van der Waals surface area contributed by atoms with Crippen molar-refractivity contribution in [2.24, 2.45) is 0 Å². The van der Waals surface area contributed by atoms with E-state index in [1.54, 1.807) is 6.92 Å². The van der Waals surface area contributed by atoms with Crippen molar-refractivity contribution in [1.29, 1.82) is 0 Å². The van der Waals surface area contributed by atoms with Gasteiger partial charge >= 0.3 is 0 Å². The normalized spacial score (nSPS) is 18.6. The van der Waals surface area contributed by atoms with Gasteiger partial charge in [0.2, 0.25) is 5.91 Å². The van der Waals surface area contributed by atoms with Crippen LogP contribution >= 0.6 is 0 Å². The molecule has 86 valence electrons. The average molecular weight is 225 g/mol. The highest BCUT2D eigenvalue weighted by Crippen LogP contribution is 2.24. The number of allylic oxidation sites excluding steroid dienone is 6. The Kier molecular flexibility index (Phi) is 4.17. The second-order valence-corrected chi connectivity index (χ2v) is 3.46. The van der Waals surface area contributed by atoms with Crippen molar-refractivity contribution in [2.45, 2.75) is 19.8 Å². The van der Waals surface area contributed by atoms with Gasteiger partial charge in [0.05, 0.1) is 5.70 Å². The molecule has 1 N–H and O–H groups in total. The number of hydrogen-bond acceptors (Lipinski definition) is 1. The molecule has 0 aliphatic carbocycles. The third kappa shape index (κ3) is 2.89. The van der Waals surface area contributed by atoms with Gasteiger partial charge in [-0.15, -0.1) is 0 Å². The highest BCUT2D eigenvalue weighted by molar-refractivity contribution is 5.80. The summed E-state index contributed by atoms with van der Waals surface area (Å²) in [6, 6.07) is 0. The predicted molar refractivity (Wildman–Crippen MR) is 58.7 cm³/mol. The Morgan fingerprint density at radius 1 is 1.44 bits per heavy atom. The molecule has 0 atom stereocenters. The summed E-state index contributed by atoms with van der Waals surface area (Å²) in [4.78, 5) is 11.1. The number of hydrogen-bond donors (Lipinski definition) is 1. The van der Waals surface area contributed by atoms with E-state index in [1.165, 1.54) is 12.2 Å². The van der Waals surface area contributed by atoms with Gasteiger partial charge in [0, 0.05) is 6.42 Å². The fraction of sp³-hybridized carbons (Fsp3) is 0.250. The molecule has 0 fully saturated rings. The smallest absolute Gasteiger partial charge is 0.224 e. The van der Waals surface area contributed by atoms with E-state index in [2.05, 4.69) is 11.9 Å². The first-order valence-electron chi connectivity index (χ1n) is 4.90. The van der Waals surface area contributed by atoms with E-state index in [4.69, 9.17) is 0 Å². The molecule has 1 rings (SSSR count). The van der Waals surface area contributed by atoms with Gasteiger partial charge in [-0.1, -0.05) is 18.7 Å². The van der Waals surface area contributed by atoms with Gasteiger partial charge in [-0.3, -0.25) is 4.79 Å². The molecule has 0 radical (unpaired) electrons. The van der Waals surface area contributed by atoms with E-state index in [0.717, 1.165) is 6.08 Å². The van der Waals surface area contributed by atoms with Crippen molar-refractivity contribution in [2.75, 3.05) is 0 Å². The molecule has 0 unspecified atom stereocenters. The third-order valence-electron chi connectivity index (χ3n) is 2.23. The van der Waals surface area contributed by atoms with Crippen molar-refractivity contribution in [1.82, 2.24) is 5.32 Å². The standard InChI is InChI=1S/C12H13F2NO/c1-3-4-5-9(13)11(14)12-8(2)6-7-10(16)15-12/h3-5H,1,6-7H2,2H3,(H,15,16)/b5-4-,11-9+. The van der Waals surface area contributed by atoms with Crippen LogP contribution in [0.3, 0.4) is 0 Å². The van der Waals surface area contributed by atoms with Crippen LogP contribution in [0, 0.1) is 0 Å². The van der Waals surface area contributed by atoms with E-state index in [1.807, 2.05) is 0 Å². The minimum Gasteiger partial charge on any atom is -0.324 e. The second kappa shape index (κ2) is 5.39. The van der Waals surface area contributed by atoms with Crippen molar-refractivity contribution >= 4 is 5.91 Å². The maximum absolute atomic E-state index is 13.6. The molecule has 1 amide bonds. The summed E-state index contributed by atoms with van der Waals surface area (Å²) in [5.41, 5.74) is 0.585. The van der Waals surface area contributed by atoms with Crippen LogP contribution in [-0.2, 0) is 4.79 Å². The second-order valence-electron chi connectivity index (χ2n) is 3.46. The predicted octanol–water partition coefficient (Wildman–Crippen LogP) is 3.06. The Labute approximate surface area is 93.0 Å². The Morgan fingerprint density at radius 3 is 2.75 bits per heavy atom. The maximum Gasteiger partial charge on any atom is 0.224 e. The first-order chi connectivity index (χ1) is 7.56. The van der Waals surface area contributed by atoms with Crippen LogP contribution in [0.5, 0.6) is 0 Å². The summed E-state index contributed by atoms with van der Waals surface area (Å²) in [6.45, 7) is 5.02. The molecule has 0 aromatic heterocycles. The van der Waals surface area contributed by atoms with E-state index in [9.17, 15) is 13.6 Å². The molecule has 0 saturated heterocycles. The molecule has 2 nitrogen and oxygen atoms in total. The number of carbonyl (C=O) groups excluding carboxylic acids is 1. The van der Waals surface area contributed by atoms with Gasteiger partial charge in [-0.2, -0.15) is 0 Å². The summed E-state index contributed by atoms with van der Waals surface area (Å²) >= 11 is 0. The van der Waals surface area contributed by atoms with E-state index in [0.29, 0.717) is 18.4 Å². The van der Waals surface area contributed by atoms with Gasteiger partial charge in [-0.25, -0.2) is 8.78 Å². The highest BCUT2D eigenvalue weighted by atomic mass is 19.2. The molecule has 4 heteroatoms. The fourth-order valence-electron chi connectivity index (χ4n) is 1.32. The summed E-state index contributed by atoms with van der Waals surface area (Å²) in [6.07, 6.45) is 4.35. The first kappa shape index (κ1) is 12.4. The molecule has 0 bridgehead atoms. The quantitative estimate of drug-likeness (QED) is 0.735. The Bertz CT molecular complexity index is 405. The minimum absolute atomic E-state index is 0.0533. The molecule has 0 aromatic rings. The Morgan fingerprint density at radius 2 is 2.12 bits per heavy atom. The molecule has 0 aromatic carbocycles. The van der Waals surface area contributed by atoms with Gasteiger partial charge in [0.15, 0.2) is 11.7 Å². The van der Waals surface area contributed by atoms with Crippen molar-refractivity contribution in [3.63, 3.8) is 0 Å². The van der Waals surface area contributed by atoms with Crippen molar-refractivity contribution < 1.29 is 13.6 Å². The topological polar surface area (TPSA) is 29.1 Å². The lowest BCUT2D eigenvalue weighted by Gasteiger charge is -2.17. The van der Waals surface area contributed by atoms with E-state index >= 15 is 0 Å². The maximum atomic E-state index is 13.6. The fourth-order valence-corrected chi connectivity index (χ4v) is 1.32. The molecule has 1 heterocycles. The summed E-state index contributed by atoms with van der Waals surface area (Å²) in [7, 11) is 0. The van der Waals surface area contributed by atoms with Gasteiger partial charge in [0.25, 0.3) is 0 Å². The zero-order chi connectivity index (χ0) is 12.1. The summed E-state index contributed by atoms with van der Waals surface area (Å²) in [5.74, 6) is -2.35. The van der Waals surface area contributed by atoms with Crippen LogP contribution in [-0.4, -0.2) is 5.91 Å². The average Bonchev–Trinajstić information content (AvgIpc) is 2.28. The van der Waals surface area contributed by atoms with Crippen molar-refractivity contribution in [3.05, 3.63) is 47.7 Å². The Hall–Kier alpha value is -1.71. The van der Waals surface area contributed by atoms with Crippen molar-refractivity contribution in [3.8, 4) is 0 Å². The Balaban J connectivity index is 3.03. The lowest BCUT2D eigenvalue weighted by Crippen LogP contribution is -2.28. The molecular formula is C12H13F2NO. The minimum atomic E-state index is -1.04. The largest absolute Gasteiger partial charge is 0.324 e. The van der Waals surface area contributed by atoms with Crippen LogP contribution in [0.4, 0.5) is 8.78 Å². The number of nitrogens with one attached hydrogen (secondary N) is 1. The van der Waals surface area contributed by atoms with E-state index < -0.39 is 11.7 Å². The molecule has 16 heavy (non-hydrogen) atoms. The zero-order valence-corrected chi connectivity index (χ0v) is 9.02. The molecule has 1 aliphatic rings. The lowest BCUT2D eigenvalue weighted by molar-refractivity contribution is -0.120. The lowest BCUT2D eigenvalue weighted by atomic mass is 10.0. The number of halogens is 2. The van der Waals surface area contributed by atoms with Gasteiger partial charge in [0.1, 0.15) is 0 Å². The monoisotopic (exact) mass is 225 g/mol. The van der Waals surface area contributed by atoms with Crippen LogP contribution in [0.15, 0.2) is 47.7 Å². The van der Waals surface area contributed by atoms with Gasteiger partial charge in [-0.05, 0) is 25.0 Å². The van der Waals surface area contributed by atoms with Crippen LogP contribution in [0.1, 0.15) is 19.8 Å². The first-order valence-corrected chi connectivity index (χ1v) is 4.90. The van der Waals surface area contributed by atoms with Crippen LogP contribution < -0.4 is 5.32 Å². The molecule has 0 saturated carbocycles. The molecule has 0 spiro atoms. The SMILES string of the molecule is C=C/C=C\C(F)=C(/F)C1=C(C)CCC(=O)N1. The third-order valence-corrected chi connectivity index (χ3v) is 2.23. The number of rotatable bonds is 3. The zero-order valence-electron chi connectivity index (χ0n) is 9.02.